The van der Waals surface area contributed by atoms with Gasteiger partial charge in [0.15, 0.2) is 15.1 Å². The molecule has 3 aromatic heterocycles. The van der Waals surface area contributed by atoms with E-state index in [0.717, 1.165) is 29.2 Å². The fraction of sp³-hybridized carbons (Fsp3) is 0.182. The molecule has 47 heavy (non-hydrogen) atoms. The Morgan fingerprint density at radius 3 is 2.49 bits per heavy atom. The molecule has 0 aliphatic carbocycles. The van der Waals surface area contributed by atoms with Crippen molar-refractivity contribution in [1.29, 1.82) is 0 Å². The third-order valence-corrected chi connectivity index (χ3v) is 8.92. The summed E-state index contributed by atoms with van der Waals surface area (Å²) in [7, 11) is 0. The molecule has 6 rings (SSSR count). The zero-order valence-corrected chi connectivity index (χ0v) is 27.3. The van der Waals surface area contributed by atoms with E-state index in [1.54, 1.807) is 87.5 Å². The van der Waals surface area contributed by atoms with Gasteiger partial charge < -0.3 is 9.15 Å². The summed E-state index contributed by atoms with van der Waals surface area (Å²) in [6, 6.07) is 18.5. The summed E-state index contributed by atoms with van der Waals surface area (Å²) >= 11 is 8.05. The minimum Gasteiger partial charge on any atom is -0.459 e. The Hall–Kier alpha value is -4.46. The first-order valence-corrected chi connectivity index (χ1v) is 16.2. The lowest BCUT2D eigenvalue weighted by Gasteiger charge is -2.25. The maximum Gasteiger partial charge on any atom is 0.433 e. The summed E-state index contributed by atoms with van der Waals surface area (Å²) in [5.41, 5.74) is 0.402. The quantitative estimate of drug-likeness (QED) is 0.133. The third-order valence-electron chi connectivity index (χ3n) is 6.90. The van der Waals surface area contributed by atoms with Crippen molar-refractivity contribution in [3.63, 3.8) is 0 Å². The highest BCUT2D eigenvalue weighted by atomic mass is 35.5. The molecule has 0 spiro atoms. The number of benzene rings is 2. The van der Waals surface area contributed by atoms with Gasteiger partial charge in [0.05, 0.1) is 33.6 Å². The van der Waals surface area contributed by atoms with Gasteiger partial charge >= 0.3 is 12.1 Å². The van der Waals surface area contributed by atoms with Crippen LogP contribution in [0, 0.1) is 0 Å². The molecular weight excluding hydrogens is 673 g/mol. The van der Waals surface area contributed by atoms with Crippen LogP contribution in [0.25, 0.3) is 17.3 Å². The first-order chi connectivity index (χ1) is 22.4. The molecule has 0 radical (unpaired) electrons. The maximum atomic E-state index is 13.9. The van der Waals surface area contributed by atoms with E-state index in [1.165, 1.54) is 10.6 Å². The Kier molecular flexibility index (Phi) is 8.97. The van der Waals surface area contributed by atoms with Crippen molar-refractivity contribution in [2.24, 2.45) is 4.99 Å². The SMILES string of the molecule is CC1=C(C(=O)OC(C)C)[C@@H](c2ccc(Cl)cc2)n2c(s/c(=C/c3ccc(Sc4nc(-c5ccccc5)cc(C(F)(F)F)n4)o3)c2=O)=N1. The lowest BCUT2D eigenvalue weighted by atomic mass is 9.96. The lowest BCUT2D eigenvalue weighted by Crippen LogP contribution is -2.40. The number of thiazole rings is 1. The Bertz CT molecular complexity index is 2190. The normalized spacial score (nSPS) is 15.1. The van der Waals surface area contributed by atoms with Crippen LogP contribution in [-0.2, 0) is 15.7 Å². The number of allylic oxidation sites excluding steroid dienone is 1. The topological polar surface area (TPSA) is 99.6 Å². The molecule has 0 bridgehead atoms. The number of fused-ring (bicyclic) bond motifs is 1. The second-order valence-corrected chi connectivity index (χ2v) is 13.0. The Morgan fingerprint density at radius 1 is 1.09 bits per heavy atom. The van der Waals surface area contributed by atoms with Gasteiger partial charge in [-0.1, -0.05) is 65.4 Å². The number of hydrogen-bond acceptors (Lipinski definition) is 9. The first-order valence-electron chi connectivity index (χ1n) is 14.2. The van der Waals surface area contributed by atoms with Crippen LogP contribution in [0.3, 0.4) is 0 Å². The Morgan fingerprint density at radius 2 is 1.81 bits per heavy atom. The summed E-state index contributed by atoms with van der Waals surface area (Å²) in [4.78, 5) is 40.1. The molecular formula is C33H24ClF3N4O4S2. The van der Waals surface area contributed by atoms with Crippen LogP contribution in [0.1, 0.15) is 43.8 Å². The molecule has 5 aromatic rings. The number of alkyl halides is 3. The molecule has 0 fully saturated rings. The number of carbonyl (C=O) groups excluding carboxylic acids is 1. The molecule has 0 unspecified atom stereocenters. The molecule has 1 aliphatic rings. The molecule has 2 aromatic carbocycles. The zero-order valence-electron chi connectivity index (χ0n) is 24.9. The predicted octanol–water partition coefficient (Wildman–Crippen LogP) is 7.06. The lowest BCUT2D eigenvalue weighted by molar-refractivity contribution is -0.143. The van der Waals surface area contributed by atoms with Crippen molar-refractivity contribution in [1.82, 2.24) is 14.5 Å². The van der Waals surface area contributed by atoms with Gasteiger partial charge in [0.25, 0.3) is 5.56 Å². The van der Waals surface area contributed by atoms with Crippen LogP contribution >= 0.6 is 34.7 Å². The van der Waals surface area contributed by atoms with E-state index in [4.69, 9.17) is 20.8 Å². The number of rotatable bonds is 7. The van der Waals surface area contributed by atoms with Crippen LogP contribution < -0.4 is 14.9 Å². The van der Waals surface area contributed by atoms with E-state index in [1.807, 2.05) is 0 Å². The molecule has 0 amide bonds. The molecule has 8 nitrogen and oxygen atoms in total. The van der Waals surface area contributed by atoms with Crippen molar-refractivity contribution in [2.45, 2.75) is 49.3 Å². The van der Waals surface area contributed by atoms with Gasteiger partial charge in [-0.15, -0.1) is 0 Å². The van der Waals surface area contributed by atoms with Crippen molar-refractivity contribution in [2.75, 3.05) is 0 Å². The second-order valence-electron chi connectivity index (χ2n) is 10.6. The van der Waals surface area contributed by atoms with Crippen LogP contribution in [0.5, 0.6) is 0 Å². The number of furan rings is 1. The first kappa shape index (κ1) is 32.5. The van der Waals surface area contributed by atoms with Crippen LogP contribution in [-0.4, -0.2) is 26.6 Å². The second kappa shape index (κ2) is 13.0. The summed E-state index contributed by atoms with van der Waals surface area (Å²) in [6.45, 7) is 5.15. The van der Waals surface area contributed by atoms with Crippen LogP contribution in [0.2, 0.25) is 5.02 Å². The maximum absolute atomic E-state index is 13.9. The molecule has 1 atom stereocenters. The molecule has 0 saturated heterocycles. The highest BCUT2D eigenvalue weighted by Crippen LogP contribution is 2.35. The van der Waals surface area contributed by atoms with Gasteiger partial charge in [-0.25, -0.2) is 19.8 Å². The smallest absolute Gasteiger partial charge is 0.433 e. The van der Waals surface area contributed by atoms with Gasteiger partial charge in [0.2, 0.25) is 0 Å². The molecule has 14 heteroatoms. The van der Waals surface area contributed by atoms with E-state index in [2.05, 4.69) is 15.0 Å². The fourth-order valence-corrected chi connectivity index (χ4v) is 6.77. The summed E-state index contributed by atoms with van der Waals surface area (Å²) in [5, 5.41) is 0.556. The summed E-state index contributed by atoms with van der Waals surface area (Å²) < 4.78 is 54.1. The average molecular weight is 697 g/mol. The Balaban J connectivity index is 1.37. The highest BCUT2D eigenvalue weighted by molar-refractivity contribution is 7.99. The minimum atomic E-state index is -4.68. The van der Waals surface area contributed by atoms with E-state index < -0.39 is 35.5 Å². The molecule has 0 saturated carbocycles. The number of nitrogens with zero attached hydrogens (tertiary/aromatic N) is 4. The van der Waals surface area contributed by atoms with Crippen LogP contribution in [0.4, 0.5) is 13.2 Å². The number of hydrogen-bond donors (Lipinski definition) is 0. The van der Waals surface area contributed by atoms with Gasteiger partial charge in [-0.2, -0.15) is 13.2 Å². The van der Waals surface area contributed by atoms with Gasteiger partial charge in [-0.3, -0.25) is 9.36 Å². The number of esters is 1. The number of aromatic nitrogens is 3. The zero-order chi connectivity index (χ0) is 33.5. The fourth-order valence-electron chi connectivity index (χ4n) is 4.88. The van der Waals surface area contributed by atoms with E-state index in [9.17, 15) is 22.8 Å². The summed E-state index contributed by atoms with van der Waals surface area (Å²) in [6.07, 6.45) is -3.56. The third kappa shape index (κ3) is 6.97. The highest BCUT2D eigenvalue weighted by Gasteiger charge is 2.35. The van der Waals surface area contributed by atoms with E-state index in [-0.39, 0.29) is 31.8 Å². The predicted molar refractivity (Wildman–Crippen MR) is 172 cm³/mol. The van der Waals surface area contributed by atoms with E-state index >= 15 is 0 Å². The largest absolute Gasteiger partial charge is 0.459 e. The van der Waals surface area contributed by atoms with Crippen molar-refractivity contribution in [3.05, 3.63) is 126 Å². The van der Waals surface area contributed by atoms with Crippen LogP contribution in [0.15, 0.2) is 109 Å². The molecule has 1 aliphatic heterocycles. The monoisotopic (exact) mass is 696 g/mol. The summed E-state index contributed by atoms with van der Waals surface area (Å²) in [5.74, 6) is -0.318. The van der Waals surface area contributed by atoms with Crippen molar-refractivity contribution < 1.29 is 27.1 Å². The van der Waals surface area contributed by atoms with Crippen molar-refractivity contribution >= 4 is 46.7 Å². The van der Waals surface area contributed by atoms with Gasteiger partial charge in [0, 0.05) is 16.7 Å². The van der Waals surface area contributed by atoms with Gasteiger partial charge in [-0.05, 0) is 68.4 Å². The number of carbonyl (C=O) groups is 1. The molecule has 0 N–H and O–H groups in total. The Labute approximate surface area is 278 Å². The van der Waals surface area contributed by atoms with Crippen molar-refractivity contribution in [3.8, 4) is 11.3 Å². The van der Waals surface area contributed by atoms with Gasteiger partial charge in [0.1, 0.15) is 11.5 Å². The standard InChI is InChI=1S/C33H24ClF3N4O4S2/c1-17(2)44-30(43)27-18(3)38-32-41(28(27)20-9-11-21(34)12-10-20)29(42)24(46-32)15-22-13-14-26(45-22)47-31-39-23(19-7-5-4-6-8-19)16-25(40-31)33(35,36)37/h4-17,28H,1-3H3/b24-15+/t28-/m1/s1. The molecule has 240 valence electrons. The molecule has 4 heterocycles. The van der Waals surface area contributed by atoms with E-state index in [0.29, 0.717) is 26.6 Å². The number of halogens is 4. The number of ether oxygens (including phenoxy) is 1. The average Bonchev–Trinajstić information content (AvgIpc) is 3.59. The minimum absolute atomic E-state index is 0.116.